The smallest absolute Gasteiger partial charge is 0.234 e. The Bertz CT molecular complexity index is 664. The number of carbonyl (C=O) groups is 1. The normalized spacial score (nSPS) is 20.3. The van der Waals surface area contributed by atoms with E-state index in [0.29, 0.717) is 23.0 Å². The van der Waals surface area contributed by atoms with Crippen LogP contribution in [-0.2, 0) is 21.2 Å². The van der Waals surface area contributed by atoms with Crippen LogP contribution in [0.3, 0.4) is 0 Å². The quantitative estimate of drug-likeness (QED) is 0.863. The monoisotopic (exact) mass is 364 g/mol. The Labute approximate surface area is 140 Å². The molecule has 0 spiro atoms. The van der Waals surface area contributed by atoms with Gasteiger partial charge in [0.25, 0.3) is 0 Å². The van der Waals surface area contributed by atoms with E-state index in [2.05, 4.69) is 5.32 Å². The summed E-state index contributed by atoms with van der Waals surface area (Å²) in [5, 5.41) is 3.88. The van der Waals surface area contributed by atoms with Gasteiger partial charge in [0.05, 0.1) is 18.1 Å². The van der Waals surface area contributed by atoms with Gasteiger partial charge in [0, 0.05) is 22.6 Å². The Kier molecular flexibility index (Phi) is 5.71. The molecule has 2 rings (SSSR count). The molecular weight excluding hydrogens is 347 g/mol. The molecule has 0 saturated carbocycles. The number of halogens is 2. The maximum atomic E-state index is 11.9. The van der Waals surface area contributed by atoms with Gasteiger partial charge < -0.3 is 5.32 Å². The van der Waals surface area contributed by atoms with E-state index < -0.39 is 9.84 Å². The SMILES string of the molecule is CN(CC(=O)NC1CCS(=O)(=O)C1)Cc1ccc(Cl)cc1Cl. The third-order valence-corrected chi connectivity index (χ3v) is 5.82. The molecule has 1 saturated heterocycles. The van der Waals surface area contributed by atoms with Crippen molar-refractivity contribution in [2.24, 2.45) is 0 Å². The molecule has 1 atom stereocenters. The number of nitrogens with one attached hydrogen (secondary N) is 1. The van der Waals surface area contributed by atoms with E-state index in [-0.39, 0.29) is 30.0 Å². The number of sulfone groups is 1. The van der Waals surface area contributed by atoms with E-state index in [1.54, 1.807) is 19.2 Å². The van der Waals surface area contributed by atoms with E-state index >= 15 is 0 Å². The lowest BCUT2D eigenvalue weighted by Crippen LogP contribution is -2.41. The molecule has 1 aliphatic heterocycles. The largest absolute Gasteiger partial charge is 0.351 e. The van der Waals surface area contributed by atoms with Crippen molar-refractivity contribution in [3.05, 3.63) is 33.8 Å². The Morgan fingerprint density at radius 1 is 1.41 bits per heavy atom. The van der Waals surface area contributed by atoms with Gasteiger partial charge in [-0.05, 0) is 31.2 Å². The van der Waals surface area contributed by atoms with Crippen LogP contribution in [0.4, 0.5) is 0 Å². The number of amides is 1. The van der Waals surface area contributed by atoms with E-state index in [0.717, 1.165) is 5.56 Å². The van der Waals surface area contributed by atoms with Crippen molar-refractivity contribution in [2.75, 3.05) is 25.1 Å². The summed E-state index contributed by atoms with van der Waals surface area (Å²) in [4.78, 5) is 13.8. The van der Waals surface area contributed by atoms with E-state index in [4.69, 9.17) is 23.2 Å². The van der Waals surface area contributed by atoms with Crippen molar-refractivity contribution in [3.63, 3.8) is 0 Å². The van der Waals surface area contributed by atoms with Crippen LogP contribution in [0.1, 0.15) is 12.0 Å². The Hall–Kier alpha value is -0.820. The van der Waals surface area contributed by atoms with Gasteiger partial charge in [-0.25, -0.2) is 8.42 Å². The molecule has 1 N–H and O–H groups in total. The van der Waals surface area contributed by atoms with E-state index in [1.165, 1.54) is 0 Å². The first-order valence-corrected chi connectivity index (χ1v) is 9.45. The predicted molar refractivity (Wildman–Crippen MR) is 88.0 cm³/mol. The second kappa shape index (κ2) is 7.17. The molecule has 1 aromatic rings. The highest BCUT2D eigenvalue weighted by Crippen LogP contribution is 2.21. The van der Waals surface area contributed by atoms with Gasteiger partial charge >= 0.3 is 0 Å². The summed E-state index contributed by atoms with van der Waals surface area (Å²) in [5.41, 5.74) is 0.879. The minimum absolute atomic E-state index is 0.0332. The van der Waals surface area contributed by atoms with Crippen molar-refractivity contribution in [2.45, 2.75) is 19.0 Å². The van der Waals surface area contributed by atoms with E-state index in [1.807, 2.05) is 11.0 Å². The number of carbonyl (C=O) groups excluding carboxylic acids is 1. The Morgan fingerprint density at radius 2 is 2.14 bits per heavy atom. The summed E-state index contributed by atoms with van der Waals surface area (Å²) >= 11 is 11.9. The number of likely N-dealkylation sites (N-methyl/N-ethyl adjacent to an activating group) is 1. The van der Waals surface area contributed by atoms with Crippen LogP contribution >= 0.6 is 23.2 Å². The van der Waals surface area contributed by atoms with Gasteiger partial charge in [0.1, 0.15) is 0 Å². The molecule has 1 unspecified atom stereocenters. The van der Waals surface area contributed by atoms with Crippen molar-refractivity contribution >= 4 is 38.9 Å². The number of hydrogen-bond acceptors (Lipinski definition) is 4. The minimum atomic E-state index is -2.99. The molecular formula is C14H18Cl2N2O3S. The third-order valence-electron chi connectivity index (χ3n) is 3.47. The van der Waals surface area contributed by atoms with Crippen LogP contribution in [-0.4, -0.2) is 50.4 Å². The van der Waals surface area contributed by atoms with Crippen molar-refractivity contribution in [3.8, 4) is 0 Å². The van der Waals surface area contributed by atoms with Crippen LogP contribution < -0.4 is 5.32 Å². The predicted octanol–water partition coefficient (Wildman–Crippen LogP) is 1.73. The molecule has 8 heteroatoms. The van der Waals surface area contributed by atoms with Crippen LogP contribution in [0.5, 0.6) is 0 Å². The van der Waals surface area contributed by atoms with Gasteiger partial charge in [0.15, 0.2) is 9.84 Å². The number of rotatable bonds is 5. The lowest BCUT2D eigenvalue weighted by Gasteiger charge is -2.18. The molecule has 5 nitrogen and oxygen atoms in total. The number of nitrogens with zero attached hydrogens (tertiary/aromatic N) is 1. The molecule has 0 bridgehead atoms. The fourth-order valence-electron chi connectivity index (χ4n) is 2.42. The molecule has 1 heterocycles. The second-order valence-electron chi connectivity index (χ2n) is 5.58. The highest BCUT2D eigenvalue weighted by Gasteiger charge is 2.28. The molecule has 1 aliphatic rings. The third kappa shape index (κ3) is 5.12. The summed E-state index contributed by atoms with van der Waals surface area (Å²) in [5.74, 6) is -0.00528. The van der Waals surface area contributed by atoms with Gasteiger partial charge in [0.2, 0.25) is 5.91 Å². The summed E-state index contributed by atoms with van der Waals surface area (Å²) in [7, 11) is -1.18. The summed E-state index contributed by atoms with van der Waals surface area (Å²) in [6.07, 6.45) is 0.487. The maximum Gasteiger partial charge on any atom is 0.234 e. The average Bonchev–Trinajstić information content (AvgIpc) is 2.71. The molecule has 122 valence electrons. The van der Waals surface area contributed by atoms with Crippen LogP contribution in [0.25, 0.3) is 0 Å². The van der Waals surface area contributed by atoms with Crippen LogP contribution in [0, 0.1) is 0 Å². The molecule has 0 aliphatic carbocycles. The molecule has 1 fully saturated rings. The van der Waals surface area contributed by atoms with Crippen LogP contribution in [0.2, 0.25) is 10.0 Å². The zero-order valence-electron chi connectivity index (χ0n) is 12.2. The second-order valence-corrected chi connectivity index (χ2v) is 8.65. The highest BCUT2D eigenvalue weighted by atomic mass is 35.5. The van der Waals surface area contributed by atoms with E-state index in [9.17, 15) is 13.2 Å². The number of benzene rings is 1. The lowest BCUT2D eigenvalue weighted by atomic mass is 10.2. The molecule has 0 aromatic heterocycles. The number of hydrogen-bond donors (Lipinski definition) is 1. The van der Waals surface area contributed by atoms with Gasteiger partial charge in [-0.3, -0.25) is 9.69 Å². The first kappa shape index (κ1) is 17.5. The first-order valence-electron chi connectivity index (χ1n) is 6.87. The van der Waals surface area contributed by atoms with Crippen molar-refractivity contribution < 1.29 is 13.2 Å². The Balaban J connectivity index is 1.84. The van der Waals surface area contributed by atoms with Gasteiger partial charge in [-0.1, -0.05) is 29.3 Å². The zero-order valence-corrected chi connectivity index (χ0v) is 14.5. The first-order chi connectivity index (χ1) is 10.2. The maximum absolute atomic E-state index is 11.9. The zero-order chi connectivity index (χ0) is 16.3. The lowest BCUT2D eigenvalue weighted by molar-refractivity contribution is -0.122. The van der Waals surface area contributed by atoms with Crippen molar-refractivity contribution in [1.29, 1.82) is 0 Å². The summed E-state index contributed by atoms with van der Waals surface area (Å²) < 4.78 is 22.7. The standard InChI is InChI=1S/C14H18Cl2N2O3S/c1-18(7-10-2-3-11(15)6-13(10)16)8-14(19)17-12-4-5-22(20,21)9-12/h2-3,6,12H,4-5,7-9H2,1H3,(H,17,19). The Morgan fingerprint density at radius 3 is 2.73 bits per heavy atom. The molecule has 22 heavy (non-hydrogen) atoms. The van der Waals surface area contributed by atoms with Gasteiger partial charge in [-0.15, -0.1) is 0 Å². The summed E-state index contributed by atoms with van der Waals surface area (Å²) in [6, 6.07) is 4.96. The van der Waals surface area contributed by atoms with Crippen molar-refractivity contribution in [1.82, 2.24) is 10.2 Å². The molecule has 0 radical (unpaired) electrons. The molecule has 1 amide bonds. The van der Waals surface area contributed by atoms with Crippen LogP contribution in [0.15, 0.2) is 18.2 Å². The fraction of sp³-hybridized carbons (Fsp3) is 0.500. The fourth-order valence-corrected chi connectivity index (χ4v) is 4.57. The summed E-state index contributed by atoms with van der Waals surface area (Å²) in [6.45, 7) is 0.682. The highest BCUT2D eigenvalue weighted by molar-refractivity contribution is 7.91. The average molecular weight is 365 g/mol. The van der Waals surface area contributed by atoms with Gasteiger partial charge in [-0.2, -0.15) is 0 Å². The minimum Gasteiger partial charge on any atom is -0.351 e. The molecule has 1 aromatic carbocycles. The topological polar surface area (TPSA) is 66.5 Å².